The number of hydrogen-bond donors (Lipinski definition) is 0. The van der Waals surface area contributed by atoms with Crippen molar-refractivity contribution in [1.82, 2.24) is 19.2 Å². The Kier molecular flexibility index (Phi) is 3.65. The Balaban J connectivity index is 1.85. The topological polar surface area (TPSA) is 53.6 Å². The summed E-state index contributed by atoms with van der Waals surface area (Å²) in [7, 11) is 5.18. The van der Waals surface area contributed by atoms with E-state index in [1.807, 2.05) is 49.9 Å². The van der Waals surface area contributed by atoms with E-state index in [2.05, 4.69) is 26.7 Å². The van der Waals surface area contributed by atoms with Gasteiger partial charge >= 0.3 is 0 Å². The molecule has 0 bridgehead atoms. The lowest BCUT2D eigenvalue weighted by atomic mass is 10.1. The minimum absolute atomic E-state index is 0.693. The fourth-order valence-corrected chi connectivity index (χ4v) is 2.93. The molecular weight excluding hydrogens is 316 g/mol. The Morgan fingerprint density at radius 1 is 0.840 bits per heavy atom. The molecule has 25 heavy (non-hydrogen) atoms. The number of pyridine rings is 1. The van der Waals surface area contributed by atoms with Gasteiger partial charge in [0.05, 0.1) is 32.3 Å². The average molecular weight is 334 g/mol. The second-order valence-corrected chi connectivity index (χ2v) is 5.76. The fourth-order valence-electron chi connectivity index (χ4n) is 2.93. The van der Waals surface area contributed by atoms with E-state index in [0.717, 1.165) is 28.0 Å². The third kappa shape index (κ3) is 2.61. The molecule has 6 heteroatoms. The summed E-state index contributed by atoms with van der Waals surface area (Å²) in [5, 5.41) is 4.24. The number of rotatable bonds is 4. The van der Waals surface area contributed by atoms with E-state index in [1.54, 1.807) is 18.9 Å². The predicted octanol–water partition coefficient (Wildman–Crippen LogP) is 3.42. The van der Waals surface area contributed by atoms with Crippen molar-refractivity contribution in [1.29, 1.82) is 0 Å². The maximum absolute atomic E-state index is 5.42. The highest BCUT2D eigenvalue weighted by atomic mass is 16.5. The molecule has 0 aliphatic carbocycles. The van der Waals surface area contributed by atoms with E-state index in [1.165, 1.54) is 0 Å². The Hall–Kier alpha value is -3.28. The summed E-state index contributed by atoms with van der Waals surface area (Å²) < 4.78 is 14.6. The first kappa shape index (κ1) is 15.3. The van der Waals surface area contributed by atoms with E-state index >= 15 is 0 Å². The summed E-state index contributed by atoms with van der Waals surface area (Å²) in [6.07, 6.45) is 7.79. The fraction of sp³-hybridized carbons (Fsp3) is 0.158. The van der Waals surface area contributed by atoms with Gasteiger partial charge in [0.15, 0.2) is 11.5 Å². The van der Waals surface area contributed by atoms with Crippen molar-refractivity contribution >= 4 is 5.65 Å². The van der Waals surface area contributed by atoms with Gasteiger partial charge < -0.3 is 9.47 Å². The SMILES string of the molecule is COc1ccc(-c2cnc3ccc(-c4cnn(C)c4)cn23)cc1OC. The third-order valence-electron chi connectivity index (χ3n) is 4.22. The molecule has 4 rings (SSSR count). The maximum atomic E-state index is 5.42. The molecule has 126 valence electrons. The zero-order valence-corrected chi connectivity index (χ0v) is 14.3. The highest BCUT2D eigenvalue weighted by molar-refractivity contribution is 5.70. The molecule has 0 spiro atoms. The van der Waals surface area contributed by atoms with Crippen molar-refractivity contribution in [3.05, 3.63) is 55.1 Å². The van der Waals surface area contributed by atoms with Crippen LogP contribution < -0.4 is 9.47 Å². The second kappa shape index (κ2) is 5.98. The lowest BCUT2D eigenvalue weighted by molar-refractivity contribution is 0.355. The molecule has 0 unspecified atom stereocenters. The van der Waals surface area contributed by atoms with Gasteiger partial charge in [0.2, 0.25) is 0 Å². The first-order chi connectivity index (χ1) is 12.2. The summed E-state index contributed by atoms with van der Waals surface area (Å²) in [5.41, 5.74) is 5.03. The summed E-state index contributed by atoms with van der Waals surface area (Å²) in [6.45, 7) is 0. The lowest BCUT2D eigenvalue weighted by Gasteiger charge is -2.10. The van der Waals surface area contributed by atoms with Gasteiger partial charge in [-0.1, -0.05) is 0 Å². The van der Waals surface area contributed by atoms with Crippen LogP contribution in [-0.2, 0) is 7.05 Å². The van der Waals surface area contributed by atoms with Crippen molar-refractivity contribution in [2.45, 2.75) is 0 Å². The zero-order chi connectivity index (χ0) is 17.4. The van der Waals surface area contributed by atoms with Crippen LogP contribution in [0, 0.1) is 0 Å². The Morgan fingerprint density at radius 2 is 1.64 bits per heavy atom. The highest BCUT2D eigenvalue weighted by Crippen LogP contribution is 2.33. The van der Waals surface area contributed by atoms with Gasteiger partial charge in [-0.3, -0.25) is 9.08 Å². The van der Waals surface area contributed by atoms with Crippen LogP contribution in [0.1, 0.15) is 0 Å². The van der Waals surface area contributed by atoms with E-state index in [0.29, 0.717) is 11.5 Å². The molecule has 1 aromatic carbocycles. The van der Waals surface area contributed by atoms with Gasteiger partial charge in [-0.25, -0.2) is 4.98 Å². The number of imidazole rings is 1. The molecular formula is C19H18N4O2. The summed E-state index contributed by atoms with van der Waals surface area (Å²) in [4.78, 5) is 4.50. The summed E-state index contributed by atoms with van der Waals surface area (Å²) in [6, 6.07) is 9.92. The largest absolute Gasteiger partial charge is 0.493 e. The van der Waals surface area contributed by atoms with Crippen LogP contribution in [-0.4, -0.2) is 33.4 Å². The van der Waals surface area contributed by atoms with Crippen molar-refractivity contribution in [3.8, 4) is 33.9 Å². The second-order valence-electron chi connectivity index (χ2n) is 5.76. The van der Waals surface area contributed by atoms with Crippen LogP contribution in [0.5, 0.6) is 11.5 Å². The van der Waals surface area contributed by atoms with Gasteiger partial charge in [-0.05, 0) is 30.3 Å². The Morgan fingerprint density at radius 3 is 2.36 bits per heavy atom. The number of benzene rings is 1. The Bertz CT molecular complexity index is 1050. The lowest BCUT2D eigenvalue weighted by Crippen LogP contribution is -1.93. The highest BCUT2D eigenvalue weighted by Gasteiger charge is 2.11. The molecule has 3 aromatic heterocycles. The normalized spacial score (nSPS) is 11.0. The van der Waals surface area contributed by atoms with Crippen LogP contribution >= 0.6 is 0 Å². The standard InChI is InChI=1S/C19H18N4O2/c1-22-11-15(9-21-22)14-5-7-19-20-10-16(23(19)12-14)13-4-6-17(24-2)18(8-13)25-3/h4-12H,1-3H3. The van der Waals surface area contributed by atoms with Crippen LogP contribution in [0.4, 0.5) is 0 Å². The molecule has 0 atom stereocenters. The van der Waals surface area contributed by atoms with Crippen molar-refractivity contribution < 1.29 is 9.47 Å². The molecule has 0 saturated carbocycles. The number of aromatic nitrogens is 4. The number of fused-ring (bicyclic) bond motifs is 1. The number of aryl methyl sites for hydroxylation is 1. The van der Waals surface area contributed by atoms with Crippen LogP contribution in [0.3, 0.4) is 0 Å². The minimum Gasteiger partial charge on any atom is -0.493 e. The molecule has 0 aliphatic heterocycles. The molecule has 4 aromatic rings. The van der Waals surface area contributed by atoms with E-state index in [-0.39, 0.29) is 0 Å². The first-order valence-electron chi connectivity index (χ1n) is 7.88. The van der Waals surface area contributed by atoms with Crippen molar-refractivity contribution in [3.63, 3.8) is 0 Å². The van der Waals surface area contributed by atoms with Gasteiger partial charge in [0.25, 0.3) is 0 Å². The maximum Gasteiger partial charge on any atom is 0.161 e. The van der Waals surface area contributed by atoms with E-state index < -0.39 is 0 Å². The summed E-state index contributed by atoms with van der Waals surface area (Å²) >= 11 is 0. The smallest absolute Gasteiger partial charge is 0.161 e. The quantitative estimate of drug-likeness (QED) is 0.574. The van der Waals surface area contributed by atoms with Crippen molar-refractivity contribution in [2.24, 2.45) is 7.05 Å². The van der Waals surface area contributed by atoms with Crippen molar-refractivity contribution in [2.75, 3.05) is 14.2 Å². The monoisotopic (exact) mass is 334 g/mol. The van der Waals surface area contributed by atoms with Crippen LogP contribution in [0.2, 0.25) is 0 Å². The molecule has 0 saturated heterocycles. The molecule has 6 nitrogen and oxygen atoms in total. The van der Waals surface area contributed by atoms with E-state index in [9.17, 15) is 0 Å². The minimum atomic E-state index is 0.693. The molecule has 0 amide bonds. The summed E-state index contributed by atoms with van der Waals surface area (Å²) in [5.74, 6) is 1.40. The number of hydrogen-bond acceptors (Lipinski definition) is 4. The first-order valence-corrected chi connectivity index (χ1v) is 7.88. The predicted molar refractivity (Wildman–Crippen MR) is 95.9 cm³/mol. The average Bonchev–Trinajstić information content (AvgIpc) is 3.26. The Labute approximate surface area is 145 Å². The van der Waals surface area contributed by atoms with Gasteiger partial charge in [0, 0.05) is 36.1 Å². The van der Waals surface area contributed by atoms with Gasteiger partial charge in [-0.15, -0.1) is 0 Å². The number of methoxy groups -OCH3 is 2. The molecule has 0 fully saturated rings. The molecule has 0 aliphatic rings. The molecule has 3 heterocycles. The van der Waals surface area contributed by atoms with Gasteiger partial charge in [-0.2, -0.15) is 5.10 Å². The zero-order valence-electron chi connectivity index (χ0n) is 14.3. The number of nitrogens with zero attached hydrogens (tertiary/aromatic N) is 4. The number of ether oxygens (including phenoxy) is 2. The molecule has 0 N–H and O–H groups in total. The third-order valence-corrected chi connectivity index (χ3v) is 4.22. The van der Waals surface area contributed by atoms with E-state index in [4.69, 9.17) is 9.47 Å². The van der Waals surface area contributed by atoms with Crippen LogP contribution in [0.15, 0.2) is 55.1 Å². The van der Waals surface area contributed by atoms with Gasteiger partial charge in [0.1, 0.15) is 5.65 Å². The van der Waals surface area contributed by atoms with Crippen LogP contribution in [0.25, 0.3) is 28.0 Å². The molecule has 0 radical (unpaired) electrons.